The van der Waals surface area contributed by atoms with Crippen molar-refractivity contribution in [3.8, 4) is 0 Å². The fourth-order valence-corrected chi connectivity index (χ4v) is 2.33. The van der Waals surface area contributed by atoms with Gasteiger partial charge in [0.2, 0.25) is 0 Å². The smallest absolute Gasteiger partial charge is 0.790 e. The van der Waals surface area contributed by atoms with Gasteiger partial charge >= 0.3 is 51.4 Å². The third-order valence-corrected chi connectivity index (χ3v) is 3.71. The number of rotatable bonds is 2. The Balaban J connectivity index is 0.00000169. The van der Waals surface area contributed by atoms with Gasteiger partial charge in [0.15, 0.2) is 6.29 Å². The van der Waals surface area contributed by atoms with E-state index in [1.165, 1.54) is 0 Å². The summed E-state index contributed by atoms with van der Waals surface area (Å²) in [5, 5.41) is 0. The second-order valence-electron chi connectivity index (χ2n) is 4.02. The van der Waals surface area contributed by atoms with Crippen LogP contribution in [0.15, 0.2) is 0 Å². The molecule has 4 heteroatoms. The molecule has 1 aliphatic rings. The number of hydrogen-bond donors (Lipinski definition) is 0. The fraction of sp³-hybridized carbons (Fsp3) is 1.00. The molecule has 1 aliphatic heterocycles. The summed E-state index contributed by atoms with van der Waals surface area (Å²) in [6, 6.07) is 0. The van der Waals surface area contributed by atoms with Crippen LogP contribution in [-0.4, -0.2) is 25.3 Å². The van der Waals surface area contributed by atoms with Crippen molar-refractivity contribution in [2.75, 3.05) is 12.9 Å². The van der Waals surface area contributed by atoms with Gasteiger partial charge in [-0.15, -0.1) is 5.75 Å². The number of hydrogen-bond acceptors (Lipinski definition) is 3. The summed E-state index contributed by atoms with van der Waals surface area (Å²) in [5.41, 5.74) is 0. The zero-order valence-corrected chi connectivity index (χ0v) is 13.8. The van der Waals surface area contributed by atoms with Gasteiger partial charge in [-0.3, -0.25) is 0 Å². The zero-order valence-electron chi connectivity index (χ0n) is 9.82. The molecule has 0 aromatic rings. The molecule has 5 atom stereocenters. The van der Waals surface area contributed by atoms with E-state index < -0.39 is 0 Å². The van der Waals surface area contributed by atoms with Gasteiger partial charge in [0.05, 0.1) is 0 Å². The van der Waals surface area contributed by atoms with Crippen molar-refractivity contribution in [1.29, 1.82) is 0 Å². The summed E-state index contributed by atoms with van der Waals surface area (Å²) < 4.78 is 11.0. The summed E-state index contributed by atoms with van der Waals surface area (Å²) >= 11 is 5.06. The topological polar surface area (TPSA) is 18.5 Å². The second kappa shape index (κ2) is 7.27. The average Bonchev–Trinajstić information content (AvgIpc) is 2.15. The van der Waals surface area contributed by atoms with E-state index in [1.807, 2.05) is 0 Å². The molecule has 14 heavy (non-hydrogen) atoms. The summed E-state index contributed by atoms with van der Waals surface area (Å²) in [6.07, 6.45) is 0.116. The Bertz CT molecular complexity index is 148. The van der Waals surface area contributed by atoms with Crippen molar-refractivity contribution in [2.24, 2.45) is 17.8 Å². The molecule has 2 unspecified atom stereocenters. The Morgan fingerprint density at radius 3 is 2.14 bits per heavy atom. The first-order chi connectivity index (χ1) is 6.11. The summed E-state index contributed by atoms with van der Waals surface area (Å²) in [5.74, 6) is 2.28. The Morgan fingerprint density at radius 2 is 1.71 bits per heavy atom. The van der Waals surface area contributed by atoms with E-state index in [9.17, 15) is 0 Å². The van der Waals surface area contributed by atoms with Gasteiger partial charge in [0.1, 0.15) is 0 Å². The van der Waals surface area contributed by atoms with Gasteiger partial charge in [-0.1, -0.05) is 20.8 Å². The Hall–Kier alpha value is 1.91. The van der Waals surface area contributed by atoms with E-state index in [2.05, 4.69) is 20.8 Å². The average molecular weight is 242 g/mol. The first-order valence-electron chi connectivity index (χ1n) is 4.88. The zero-order chi connectivity index (χ0) is 10.0. The van der Waals surface area contributed by atoms with E-state index in [0.29, 0.717) is 23.5 Å². The molecule has 1 rings (SSSR count). The molecule has 1 heterocycles. The molecule has 0 N–H and O–H groups in total. The first kappa shape index (κ1) is 15.9. The van der Waals surface area contributed by atoms with Gasteiger partial charge in [-0.2, -0.15) is 0 Å². The van der Waals surface area contributed by atoms with E-state index in [0.717, 1.165) is 0 Å². The standard InChI is InChI=1S/C10H20O2S.K/c1-6-7(2)9(5-13)12-10(11-4)8(6)3;/h6-10,13H,5H2,1-4H3;/q;+1/p-1/t6-,7-,8?,9?,10-;/m0./s1. The van der Waals surface area contributed by atoms with Crippen LogP contribution in [0.4, 0.5) is 0 Å². The van der Waals surface area contributed by atoms with Crippen LogP contribution in [-0.2, 0) is 22.1 Å². The van der Waals surface area contributed by atoms with E-state index >= 15 is 0 Å². The van der Waals surface area contributed by atoms with Gasteiger partial charge in [0, 0.05) is 19.1 Å². The maximum Gasteiger partial charge on any atom is 1.00 e. The van der Waals surface area contributed by atoms with Crippen LogP contribution >= 0.6 is 0 Å². The molecular weight excluding hydrogens is 223 g/mol. The van der Waals surface area contributed by atoms with Gasteiger partial charge < -0.3 is 22.1 Å². The van der Waals surface area contributed by atoms with Crippen molar-refractivity contribution in [3.63, 3.8) is 0 Å². The third-order valence-electron chi connectivity index (χ3n) is 3.38. The first-order valence-corrected chi connectivity index (χ1v) is 5.46. The molecule has 1 saturated heterocycles. The Kier molecular flexibility index (Phi) is 8.27. The maximum absolute atomic E-state index is 5.75. The van der Waals surface area contributed by atoms with E-state index in [-0.39, 0.29) is 63.8 Å². The van der Waals surface area contributed by atoms with Crippen LogP contribution in [0, 0.1) is 17.8 Å². The van der Waals surface area contributed by atoms with Crippen LogP contribution < -0.4 is 51.4 Å². The molecule has 0 amide bonds. The molecule has 1 fully saturated rings. The number of methoxy groups -OCH3 is 1. The number of ether oxygens (including phenoxy) is 2. The van der Waals surface area contributed by atoms with Gasteiger partial charge in [-0.05, 0) is 11.8 Å². The molecule has 0 bridgehead atoms. The Labute approximate surface area is 135 Å². The van der Waals surface area contributed by atoms with Gasteiger partial charge in [-0.25, -0.2) is 0 Å². The fourth-order valence-electron chi connectivity index (χ4n) is 1.95. The summed E-state index contributed by atoms with van der Waals surface area (Å²) in [4.78, 5) is 0. The molecule has 0 saturated carbocycles. The quantitative estimate of drug-likeness (QED) is 0.448. The monoisotopic (exact) mass is 242 g/mol. The summed E-state index contributed by atoms with van der Waals surface area (Å²) in [7, 11) is 1.70. The van der Waals surface area contributed by atoms with Crippen LogP contribution in [0.2, 0.25) is 0 Å². The molecule has 0 aromatic heterocycles. The predicted octanol–water partition coefficient (Wildman–Crippen LogP) is -1.18. The van der Waals surface area contributed by atoms with Crippen LogP contribution in [0.3, 0.4) is 0 Å². The molecule has 0 spiro atoms. The van der Waals surface area contributed by atoms with Crippen molar-refractivity contribution in [3.05, 3.63) is 0 Å². The molecular formula is C10H19KO2S. The SMILES string of the molecule is CO[C@H]1OC(C[S-])[C@@H](C)[C@H](C)C1C.[K+]. The molecule has 0 aliphatic carbocycles. The molecule has 0 radical (unpaired) electrons. The minimum atomic E-state index is -0.0702. The minimum absolute atomic E-state index is 0. The molecule has 2 nitrogen and oxygen atoms in total. The van der Waals surface area contributed by atoms with Crippen LogP contribution in [0.5, 0.6) is 0 Å². The largest absolute Gasteiger partial charge is 1.00 e. The van der Waals surface area contributed by atoms with Crippen LogP contribution in [0.25, 0.3) is 0 Å². The van der Waals surface area contributed by atoms with Crippen molar-refractivity contribution in [2.45, 2.75) is 33.2 Å². The normalized spacial score (nSPS) is 43.1. The second-order valence-corrected chi connectivity index (χ2v) is 4.36. The van der Waals surface area contributed by atoms with Crippen molar-refractivity contribution >= 4 is 12.6 Å². The van der Waals surface area contributed by atoms with E-state index in [1.54, 1.807) is 7.11 Å². The minimum Gasteiger partial charge on any atom is -0.790 e. The predicted molar refractivity (Wildman–Crippen MR) is 55.4 cm³/mol. The molecule has 0 aromatic carbocycles. The third kappa shape index (κ3) is 3.45. The molecule has 78 valence electrons. The van der Waals surface area contributed by atoms with Gasteiger partial charge in [0.25, 0.3) is 0 Å². The maximum atomic E-state index is 5.75. The van der Waals surface area contributed by atoms with E-state index in [4.69, 9.17) is 22.1 Å². The Morgan fingerprint density at radius 1 is 1.14 bits per heavy atom. The summed E-state index contributed by atoms with van der Waals surface area (Å²) in [6.45, 7) is 6.64. The van der Waals surface area contributed by atoms with Crippen molar-refractivity contribution in [1.82, 2.24) is 0 Å². The van der Waals surface area contributed by atoms with Crippen molar-refractivity contribution < 1.29 is 60.9 Å². The van der Waals surface area contributed by atoms with Crippen LogP contribution in [0.1, 0.15) is 20.8 Å².